The second-order valence-electron chi connectivity index (χ2n) is 10.8. The van der Waals surface area contributed by atoms with Gasteiger partial charge in [0, 0.05) is 38.8 Å². The summed E-state index contributed by atoms with van der Waals surface area (Å²) >= 11 is 0. The fourth-order valence-corrected chi connectivity index (χ4v) is 4.64. The zero-order valence-corrected chi connectivity index (χ0v) is 21.6. The van der Waals surface area contributed by atoms with Crippen LogP contribution in [0.1, 0.15) is 58.2 Å². The molecule has 3 rings (SSSR count). The number of alkyl carbamates (subject to hydrolysis) is 1. The van der Waals surface area contributed by atoms with E-state index < -0.39 is 5.60 Å². The summed E-state index contributed by atoms with van der Waals surface area (Å²) in [7, 11) is 0. The van der Waals surface area contributed by atoms with Gasteiger partial charge in [-0.25, -0.2) is 13.6 Å². The normalized spacial score (nSPS) is 16.5. The Labute approximate surface area is 208 Å². The third kappa shape index (κ3) is 8.58. The Morgan fingerprint density at radius 1 is 0.914 bits per heavy atom. The average molecular weight is 488 g/mol. The van der Waals surface area contributed by atoms with E-state index in [4.69, 9.17) is 4.74 Å². The summed E-state index contributed by atoms with van der Waals surface area (Å²) < 4.78 is 32.6. The van der Waals surface area contributed by atoms with Gasteiger partial charge in [0.1, 0.15) is 17.2 Å². The monoisotopic (exact) mass is 487 g/mol. The van der Waals surface area contributed by atoms with E-state index in [1.54, 1.807) is 24.3 Å². The fourth-order valence-electron chi connectivity index (χ4n) is 4.64. The van der Waals surface area contributed by atoms with Crippen LogP contribution in [0.25, 0.3) is 0 Å². The van der Waals surface area contributed by atoms with E-state index in [9.17, 15) is 13.6 Å². The first-order chi connectivity index (χ1) is 16.5. The van der Waals surface area contributed by atoms with Gasteiger partial charge < -0.3 is 10.1 Å². The predicted molar refractivity (Wildman–Crippen MR) is 135 cm³/mol. The van der Waals surface area contributed by atoms with Crippen molar-refractivity contribution >= 4 is 6.09 Å². The van der Waals surface area contributed by atoms with E-state index in [0.717, 1.165) is 50.3 Å². The van der Waals surface area contributed by atoms with Crippen molar-refractivity contribution in [1.29, 1.82) is 0 Å². The van der Waals surface area contributed by atoms with Crippen LogP contribution < -0.4 is 5.32 Å². The highest BCUT2D eigenvalue weighted by atomic mass is 19.1. The molecule has 2 aromatic carbocycles. The number of carbonyl (C=O) groups excluding carboxylic acids is 1. The number of nitrogens with zero attached hydrogens (tertiary/aromatic N) is 2. The molecule has 1 aliphatic heterocycles. The van der Waals surface area contributed by atoms with Gasteiger partial charge in [0.15, 0.2) is 0 Å². The van der Waals surface area contributed by atoms with Crippen LogP contribution in [-0.4, -0.2) is 60.3 Å². The van der Waals surface area contributed by atoms with Gasteiger partial charge in [0.2, 0.25) is 0 Å². The van der Waals surface area contributed by atoms with E-state index in [-0.39, 0.29) is 29.8 Å². The standard InChI is InChI=1S/C28H39F2N3O2/c1-20(2)18-25(31-27(34)35-28(3,4)5)19-32-14-16-33(17-15-32)26(21-6-10-23(29)11-7-21)22-8-12-24(30)13-9-22/h6-13,20,25-26H,14-19H2,1-5H3,(H,31,34)/t25-/m0/s1. The molecule has 1 N–H and O–H groups in total. The number of halogens is 2. The number of piperazine rings is 1. The molecule has 0 unspecified atom stereocenters. The van der Waals surface area contributed by atoms with Crippen molar-refractivity contribution < 1.29 is 18.3 Å². The fraction of sp³-hybridized carbons (Fsp3) is 0.536. The Bertz CT molecular complexity index is 889. The lowest BCUT2D eigenvalue weighted by Crippen LogP contribution is -2.52. The molecule has 0 aromatic heterocycles. The predicted octanol–water partition coefficient (Wildman–Crippen LogP) is 5.61. The average Bonchev–Trinajstić information content (AvgIpc) is 2.76. The van der Waals surface area contributed by atoms with Crippen molar-refractivity contribution in [2.45, 2.75) is 58.7 Å². The summed E-state index contributed by atoms with van der Waals surface area (Å²) in [5, 5.41) is 3.06. The molecule has 5 nitrogen and oxygen atoms in total. The number of ether oxygens (including phenoxy) is 1. The Morgan fingerprint density at radius 2 is 1.40 bits per heavy atom. The van der Waals surface area contributed by atoms with E-state index in [1.165, 1.54) is 24.3 Å². The molecule has 1 atom stereocenters. The molecule has 2 aromatic rings. The van der Waals surface area contributed by atoms with Gasteiger partial charge in [0.25, 0.3) is 0 Å². The molecule has 35 heavy (non-hydrogen) atoms. The van der Waals surface area contributed by atoms with Gasteiger partial charge in [-0.05, 0) is 68.5 Å². The maximum absolute atomic E-state index is 13.6. The topological polar surface area (TPSA) is 44.8 Å². The van der Waals surface area contributed by atoms with Crippen LogP contribution in [0, 0.1) is 17.6 Å². The first-order valence-electron chi connectivity index (χ1n) is 12.5. The third-order valence-electron chi connectivity index (χ3n) is 6.10. The van der Waals surface area contributed by atoms with Gasteiger partial charge in [-0.3, -0.25) is 9.80 Å². The molecule has 0 radical (unpaired) electrons. The molecule has 0 aliphatic carbocycles. The Hall–Kier alpha value is -2.51. The number of rotatable bonds is 8. The summed E-state index contributed by atoms with van der Waals surface area (Å²) in [5.41, 5.74) is 1.43. The first kappa shape index (κ1) is 27.1. The number of amides is 1. The highest BCUT2D eigenvalue weighted by Crippen LogP contribution is 2.30. The summed E-state index contributed by atoms with van der Waals surface area (Å²) in [5.74, 6) is -0.104. The highest BCUT2D eigenvalue weighted by molar-refractivity contribution is 5.68. The lowest BCUT2D eigenvalue weighted by Gasteiger charge is -2.41. The zero-order valence-electron chi connectivity index (χ0n) is 21.6. The van der Waals surface area contributed by atoms with Gasteiger partial charge in [-0.1, -0.05) is 38.1 Å². The van der Waals surface area contributed by atoms with Gasteiger partial charge >= 0.3 is 6.09 Å². The van der Waals surface area contributed by atoms with Crippen molar-refractivity contribution in [1.82, 2.24) is 15.1 Å². The maximum atomic E-state index is 13.6. The van der Waals surface area contributed by atoms with Crippen molar-refractivity contribution in [3.05, 3.63) is 71.3 Å². The molecule has 192 valence electrons. The highest BCUT2D eigenvalue weighted by Gasteiger charge is 2.28. The minimum atomic E-state index is -0.534. The molecular formula is C28H39F2N3O2. The molecule has 1 fully saturated rings. The van der Waals surface area contributed by atoms with E-state index in [2.05, 4.69) is 29.0 Å². The number of hydrogen-bond donors (Lipinski definition) is 1. The Morgan fingerprint density at radius 3 is 1.83 bits per heavy atom. The minimum absolute atomic E-state index is 0.00129. The molecule has 1 aliphatic rings. The molecule has 0 saturated carbocycles. The van der Waals surface area contributed by atoms with E-state index in [1.807, 2.05) is 20.8 Å². The number of benzene rings is 2. The Balaban J connectivity index is 1.67. The SMILES string of the molecule is CC(C)C[C@@H](CN1CCN(C(c2ccc(F)cc2)c2ccc(F)cc2)CC1)NC(=O)OC(C)(C)C. The van der Waals surface area contributed by atoms with Crippen molar-refractivity contribution in [3.63, 3.8) is 0 Å². The van der Waals surface area contributed by atoms with Crippen LogP contribution in [0.15, 0.2) is 48.5 Å². The number of hydrogen-bond acceptors (Lipinski definition) is 4. The quantitative estimate of drug-likeness (QED) is 0.526. The molecule has 1 saturated heterocycles. The lowest BCUT2D eigenvalue weighted by molar-refractivity contribution is 0.0464. The second kappa shape index (κ2) is 12.0. The van der Waals surface area contributed by atoms with Crippen LogP contribution in [0.2, 0.25) is 0 Å². The maximum Gasteiger partial charge on any atom is 0.407 e. The van der Waals surface area contributed by atoms with Gasteiger partial charge in [-0.15, -0.1) is 0 Å². The van der Waals surface area contributed by atoms with E-state index in [0.29, 0.717) is 5.92 Å². The molecular weight excluding hydrogens is 448 g/mol. The Kier molecular flexibility index (Phi) is 9.25. The van der Waals surface area contributed by atoms with Crippen LogP contribution in [0.4, 0.5) is 13.6 Å². The second-order valence-corrected chi connectivity index (χ2v) is 10.8. The van der Waals surface area contributed by atoms with Gasteiger partial charge in [0.05, 0.1) is 6.04 Å². The molecule has 1 heterocycles. The zero-order chi connectivity index (χ0) is 25.6. The third-order valence-corrected chi connectivity index (χ3v) is 6.10. The lowest BCUT2D eigenvalue weighted by atomic mass is 9.96. The van der Waals surface area contributed by atoms with Gasteiger partial charge in [-0.2, -0.15) is 0 Å². The van der Waals surface area contributed by atoms with E-state index >= 15 is 0 Å². The van der Waals surface area contributed by atoms with Crippen LogP contribution in [0.5, 0.6) is 0 Å². The van der Waals surface area contributed by atoms with Crippen LogP contribution in [0.3, 0.4) is 0 Å². The minimum Gasteiger partial charge on any atom is -0.444 e. The van der Waals surface area contributed by atoms with Crippen molar-refractivity contribution in [2.75, 3.05) is 32.7 Å². The molecule has 7 heteroatoms. The van der Waals surface area contributed by atoms with Crippen LogP contribution >= 0.6 is 0 Å². The summed E-state index contributed by atoms with van der Waals surface area (Å²) in [6.45, 7) is 13.9. The molecule has 0 spiro atoms. The van der Waals surface area contributed by atoms with Crippen molar-refractivity contribution in [3.8, 4) is 0 Å². The number of nitrogens with one attached hydrogen (secondary N) is 1. The molecule has 0 bridgehead atoms. The van der Waals surface area contributed by atoms with Crippen LogP contribution in [-0.2, 0) is 4.74 Å². The smallest absolute Gasteiger partial charge is 0.407 e. The summed E-state index contributed by atoms with van der Waals surface area (Å²) in [4.78, 5) is 17.1. The largest absolute Gasteiger partial charge is 0.444 e. The first-order valence-corrected chi connectivity index (χ1v) is 12.5. The summed E-state index contributed by atoms with van der Waals surface area (Å²) in [6, 6.07) is 13.0. The number of carbonyl (C=O) groups is 1. The van der Waals surface area contributed by atoms with Crippen molar-refractivity contribution in [2.24, 2.45) is 5.92 Å². The molecule has 1 amide bonds. The summed E-state index contributed by atoms with van der Waals surface area (Å²) in [6.07, 6.45) is 0.488.